The molecule has 5 heteroatoms. The van der Waals surface area contributed by atoms with E-state index in [4.69, 9.17) is 9.97 Å². The molecule has 0 spiro atoms. The number of hydrogen-bond acceptors (Lipinski definition) is 5. The van der Waals surface area contributed by atoms with Crippen molar-refractivity contribution in [3.63, 3.8) is 0 Å². The monoisotopic (exact) mass is 763 g/mol. The lowest BCUT2D eigenvalue weighted by Gasteiger charge is -2.14. The van der Waals surface area contributed by atoms with Crippen molar-refractivity contribution in [2.45, 2.75) is 6.92 Å². The average molecular weight is 764 g/mol. The Hall–Kier alpha value is -6.79. The fraction of sp³-hybridized carbons (Fsp3) is 0.0192. The van der Waals surface area contributed by atoms with Crippen LogP contribution in [0.2, 0.25) is 0 Å². The maximum atomic E-state index is 5.36. The molecule has 3 nitrogen and oxygen atoms in total. The van der Waals surface area contributed by atoms with Gasteiger partial charge in [0, 0.05) is 75.0 Å². The molecule has 0 aliphatic rings. The summed E-state index contributed by atoms with van der Waals surface area (Å²) in [7, 11) is 0. The summed E-state index contributed by atoms with van der Waals surface area (Å²) in [5.74, 6) is 0.689. The van der Waals surface area contributed by atoms with Gasteiger partial charge >= 0.3 is 0 Å². The fourth-order valence-electron chi connectivity index (χ4n) is 8.08. The number of nitrogens with zero attached hydrogens (tertiary/aromatic N) is 3. The number of pyridine rings is 1. The smallest absolute Gasteiger partial charge is 0.160 e. The molecule has 4 aromatic heterocycles. The molecule has 0 amide bonds. The van der Waals surface area contributed by atoms with Gasteiger partial charge < -0.3 is 0 Å². The van der Waals surface area contributed by atoms with Gasteiger partial charge in [-0.2, -0.15) is 0 Å². The van der Waals surface area contributed by atoms with Gasteiger partial charge in [0.2, 0.25) is 0 Å². The van der Waals surface area contributed by atoms with Gasteiger partial charge in [0.05, 0.1) is 11.4 Å². The Kier molecular flexibility index (Phi) is 8.09. The summed E-state index contributed by atoms with van der Waals surface area (Å²) in [5, 5.41) is 5.14. The summed E-state index contributed by atoms with van der Waals surface area (Å²) in [6.45, 7) is 2.12. The molecule has 11 aromatic rings. The Balaban J connectivity index is 1.15. The predicted molar refractivity (Wildman–Crippen MR) is 243 cm³/mol. The van der Waals surface area contributed by atoms with Crippen LogP contribution in [0.1, 0.15) is 5.56 Å². The second-order valence-electron chi connectivity index (χ2n) is 14.5. The molecular weight excluding hydrogens is 731 g/mol. The van der Waals surface area contributed by atoms with E-state index in [9.17, 15) is 0 Å². The molecular formula is C52H33N3S2. The van der Waals surface area contributed by atoms with Gasteiger partial charge in [-0.25, -0.2) is 9.97 Å². The molecule has 57 heavy (non-hydrogen) atoms. The lowest BCUT2D eigenvalue weighted by atomic mass is 9.94. The van der Waals surface area contributed by atoms with E-state index in [1.165, 1.54) is 57.0 Å². The van der Waals surface area contributed by atoms with Crippen LogP contribution in [-0.2, 0) is 0 Å². The van der Waals surface area contributed by atoms with Gasteiger partial charge in [0.15, 0.2) is 5.82 Å². The second-order valence-corrected chi connectivity index (χ2v) is 16.6. The molecule has 0 atom stereocenters. The molecule has 7 aromatic carbocycles. The SMILES string of the molecule is Cc1ccncc1-c1ccc(-c2cc(-c3ccccc3)nc(-c3cc(-c4cccc5c4sc4ccccc45)cc(-c4cccc5c4sc4ccccc45)c3)n2)cc1. The standard InChI is InChI=1S/C52H33N3S2/c1-32-25-26-53-31-45(32)33-21-23-35(24-22-33)47-30-46(34-11-3-2-4-12-34)54-52(55-47)38-28-36(39-15-9-17-43-41-13-5-7-19-48(41)56-50(39)43)27-37(29-38)40-16-10-18-44-42-14-6-8-20-49(42)57-51(40)44/h2-31H,1H3. The first-order valence-electron chi connectivity index (χ1n) is 19.1. The van der Waals surface area contributed by atoms with E-state index in [1.54, 1.807) is 0 Å². The van der Waals surface area contributed by atoms with Crippen molar-refractivity contribution in [3.05, 3.63) is 188 Å². The van der Waals surface area contributed by atoms with E-state index < -0.39 is 0 Å². The van der Waals surface area contributed by atoms with Gasteiger partial charge in [-0.3, -0.25) is 4.98 Å². The molecule has 0 fully saturated rings. The molecule has 0 saturated heterocycles. The molecule has 0 radical (unpaired) electrons. The number of rotatable bonds is 6. The van der Waals surface area contributed by atoms with Gasteiger partial charge in [-0.1, -0.05) is 127 Å². The highest BCUT2D eigenvalue weighted by molar-refractivity contribution is 7.26. The Labute approximate surface area is 338 Å². The third-order valence-electron chi connectivity index (χ3n) is 10.9. The van der Waals surface area contributed by atoms with Gasteiger partial charge in [-0.15, -0.1) is 22.7 Å². The normalized spacial score (nSPS) is 11.6. The summed E-state index contributed by atoms with van der Waals surface area (Å²) in [6, 6.07) is 61.0. The largest absolute Gasteiger partial charge is 0.264 e. The van der Waals surface area contributed by atoms with Crippen LogP contribution in [0.25, 0.3) is 108 Å². The molecule has 11 rings (SSSR count). The maximum absolute atomic E-state index is 5.36. The van der Waals surface area contributed by atoms with Crippen molar-refractivity contribution in [2.75, 3.05) is 0 Å². The minimum Gasteiger partial charge on any atom is -0.264 e. The quantitative estimate of drug-likeness (QED) is 0.169. The van der Waals surface area contributed by atoms with Gasteiger partial charge in [0.25, 0.3) is 0 Å². The van der Waals surface area contributed by atoms with E-state index in [0.29, 0.717) is 5.82 Å². The first kappa shape index (κ1) is 33.5. The number of hydrogen-bond donors (Lipinski definition) is 0. The van der Waals surface area contributed by atoms with E-state index >= 15 is 0 Å². The van der Waals surface area contributed by atoms with Crippen LogP contribution < -0.4 is 0 Å². The highest BCUT2D eigenvalue weighted by atomic mass is 32.1. The zero-order valence-electron chi connectivity index (χ0n) is 31.0. The molecule has 0 aliphatic carbocycles. The van der Waals surface area contributed by atoms with E-state index in [0.717, 1.165) is 50.3 Å². The summed E-state index contributed by atoms with van der Waals surface area (Å²) in [4.78, 5) is 15.1. The van der Waals surface area contributed by atoms with Crippen molar-refractivity contribution in [2.24, 2.45) is 0 Å². The molecule has 0 saturated carbocycles. The molecule has 0 bridgehead atoms. The van der Waals surface area contributed by atoms with Crippen molar-refractivity contribution in [1.82, 2.24) is 15.0 Å². The molecule has 0 aliphatic heterocycles. The van der Waals surface area contributed by atoms with Crippen molar-refractivity contribution in [1.29, 1.82) is 0 Å². The zero-order valence-corrected chi connectivity index (χ0v) is 32.6. The topological polar surface area (TPSA) is 38.7 Å². The van der Waals surface area contributed by atoms with Crippen LogP contribution in [0.5, 0.6) is 0 Å². The Bertz CT molecular complexity index is 3170. The third kappa shape index (κ3) is 5.91. The Morgan fingerprint density at radius 1 is 0.386 bits per heavy atom. The first-order valence-corrected chi connectivity index (χ1v) is 20.7. The molecule has 268 valence electrons. The van der Waals surface area contributed by atoms with Crippen LogP contribution in [0.3, 0.4) is 0 Å². The van der Waals surface area contributed by atoms with Crippen molar-refractivity contribution in [3.8, 4) is 67.3 Å². The first-order chi connectivity index (χ1) is 28.1. The second kappa shape index (κ2) is 13.7. The Morgan fingerprint density at radius 3 is 1.49 bits per heavy atom. The highest BCUT2D eigenvalue weighted by Gasteiger charge is 2.18. The molecule has 0 unspecified atom stereocenters. The van der Waals surface area contributed by atoms with Crippen molar-refractivity contribution < 1.29 is 0 Å². The van der Waals surface area contributed by atoms with Crippen molar-refractivity contribution >= 4 is 63.0 Å². The van der Waals surface area contributed by atoms with Crippen LogP contribution in [-0.4, -0.2) is 15.0 Å². The minimum atomic E-state index is 0.689. The summed E-state index contributed by atoms with van der Waals surface area (Å²) < 4.78 is 5.15. The van der Waals surface area contributed by atoms with E-state index in [2.05, 4.69) is 176 Å². The van der Waals surface area contributed by atoms with Gasteiger partial charge in [-0.05, 0) is 82.8 Å². The fourth-order valence-corrected chi connectivity index (χ4v) is 10.6. The lowest BCUT2D eigenvalue weighted by molar-refractivity contribution is 1.18. The van der Waals surface area contributed by atoms with Crippen LogP contribution in [0.4, 0.5) is 0 Å². The minimum absolute atomic E-state index is 0.689. The number of thiophene rings is 2. The van der Waals surface area contributed by atoms with E-state index in [1.807, 2.05) is 41.1 Å². The molecule has 0 N–H and O–H groups in total. The maximum Gasteiger partial charge on any atom is 0.160 e. The van der Waals surface area contributed by atoms with Gasteiger partial charge in [0.1, 0.15) is 0 Å². The number of fused-ring (bicyclic) bond motifs is 6. The third-order valence-corrected chi connectivity index (χ3v) is 13.4. The summed E-state index contributed by atoms with van der Waals surface area (Å²) in [6.07, 6.45) is 3.77. The summed E-state index contributed by atoms with van der Waals surface area (Å²) >= 11 is 3.72. The zero-order chi connectivity index (χ0) is 37.9. The van der Waals surface area contributed by atoms with Crippen LogP contribution in [0.15, 0.2) is 182 Å². The molecule has 4 heterocycles. The number of benzene rings is 7. The number of aryl methyl sites for hydroxylation is 1. The highest BCUT2D eigenvalue weighted by Crippen LogP contribution is 2.45. The summed E-state index contributed by atoms with van der Waals surface area (Å²) in [5.41, 5.74) is 13.0. The van der Waals surface area contributed by atoms with E-state index in [-0.39, 0.29) is 0 Å². The van der Waals surface area contributed by atoms with Crippen LogP contribution >= 0.6 is 22.7 Å². The lowest BCUT2D eigenvalue weighted by Crippen LogP contribution is -1.97. The predicted octanol–water partition coefficient (Wildman–Crippen LogP) is 14.9. The Morgan fingerprint density at radius 2 is 0.895 bits per heavy atom. The van der Waals surface area contributed by atoms with Crippen LogP contribution in [0, 0.1) is 6.92 Å². The number of aromatic nitrogens is 3. The average Bonchev–Trinajstić information content (AvgIpc) is 3.85.